The molecule has 16 heteroatoms. The molecule has 3 N–H and O–H groups in total. The second-order valence-corrected chi connectivity index (χ2v) is 20.3. The second kappa shape index (κ2) is 17.0. The summed E-state index contributed by atoms with van der Waals surface area (Å²) in [5, 5.41) is 18.6. The minimum Gasteiger partial charge on any atom is -0.508 e. The molecule has 5 aromatic rings. The van der Waals surface area contributed by atoms with E-state index in [1.807, 2.05) is 24.3 Å². The number of terminal acetylenes is 1. The maximum atomic E-state index is 17.1. The van der Waals surface area contributed by atoms with Crippen molar-refractivity contribution < 1.29 is 28.6 Å². The Morgan fingerprint density at radius 2 is 1.72 bits per heavy atom. The Balaban J connectivity index is 0.696. The third-order valence-corrected chi connectivity index (χ3v) is 15.7. The van der Waals surface area contributed by atoms with Gasteiger partial charge in [0.1, 0.15) is 28.8 Å². The topological polar surface area (TPSA) is 160 Å². The van der Waals surface area contributed by atoms with Crippen LogP contribution in [0.1, 0.15) is 66.4 Å². The third kappa shape index (κ3) is 7.93. The van der Waals surface area contributed by atoms with Gasteiger partial charge in [-0.05, 0) is 98.3 Å². The van der Waals surface area contributed by atoms with Crippen molar-refractivity contribution in [2.75, 3.05) is 81.9 Å². The molecule has 1 aliphatic carbocycles. The summed E-state index contributed by atoms with van der Waals surface area (Å²) in [6.07, 6.45) is 13.6. The fourth-order valence-corrected chi connectivity index (χ4v) is 11.9. The zero-order valence-corrected chi connectivity index (χ0v) is 38.1. The van der Waals surface area contributed by atoms with Gasteiger partial charge in [0.15, 0.2) is 5.82 Å². The number of pyridine rings is 1. The number of carbonyl (C=O) groups excluding carboxylic acids is 3. The number of nitrogens with one attached hydrogen (secondary N) is 2. The van der Waals surface area contributed by atoms with E-state index in [0.717, 1.165) is 109 Å². The standard InChI is InChI=1S/C52H55FN10O5/c1-2-32-4-3-5-33-21-38(64)22-40(44(32)33)46-45(53)47-41(23-54-46)48(62-27-35-6-7-36(28-62)55-35)58-51(57-47)68-30-52(13-14-52)29-60-15-12-31(25-60)24-59-16-18-61(19-17-59)37-8-9-39-34(20-37)26-63(50(39)67)42-10-11-43(65)56-49(42)66/h1,3-5,8-9,20-23,31,35-36,42,55,64H,6-7,10-19,24-30H2,(H,56,65,66)/t31-,35?,36?,42-/m0/s1. The molecule has 7 aliphatic rings. The normalized spacial score (nSPS) is 24.8. The van der Waals surface area contributed by atoms with Crippen molar-refractivity contribution in [3.63, 3.8) is 0 Å². The lowest BCUT2D eigenvalue weighted by atomic mass is 9.96. The lowest BCUT2D eigenvalue weighted by molar-refractivity contribution is -0.136. The van der Waals surface area contributed by atoms with Crippen LogP contribution in [-0.2, 0) is 16.1 Å². The van der Waals surface area contributed by atoms with Gasteiger partial charge in [0.05, 0.1) is 12.0 Å². The van der Waals surface area contributed by atoms with E-state index in [1.54, 1.807) is 23.2 Å². The molecule has 1 saturated carbocycles. The number of hydrogen-bond acceptors (Lipinski definition) is 13. The summed E-state index contributed by atoms with van der Waals surface area (Å²) >= 11 is 0. The highest BCUT2D eigenvalue weighted by Crippen LogP contribution is 2.47. The van der Waals surface area contributed by atoms with Crippen LogP contribution in [0.15, 0.2) is 54.7 Å². The molecular weight excluding hydrogens is 864 g/mol. The van der Waals surface area contributed by atoms with Gasteiger partial charge in [-0.3, -0.25) is 29.6 Å². The number of aromatic nitrogens is 3. The number of ether oxygens (including phenoxy) is 1. The summed E-state index contributed by atoms with van der Waals surface area (Å²) in [7, 11) is 0. The number of amides is 3. The first-order valence-corrected chi connectivity index (χ1v) is 24.3. The molecule has 5 saturated heterocycles. The zero-order chi connectivity index (χ0) is 46.3. The number of imide groups is 1. The predicted octanol–water partition coefficient (Wildman–Crippen LogP) is 4.68. The van der Waals surface area contributed by atoms with Crippen LogP contribution in [0.3, 0.4) is 0 Å². The van der Waals surface area contributed by atoms with E-state index in [-0.39, 0.29) is 46.6 Å². The number of benzene rings is 3. The first-order valence-electron chi connectivity index (χ1n) is 24.3. The lowest BCUT2D eigenvalue weighted by Crippen LogP contribution is -2.52. The fourth-order valence-electron chi connectivity index (χ4n) is 11.9. The van der Waals surface area contributed by atoms with Gasteiger partial charge in [-0.15, -0.1) is 6.42 Å². The van der Waals surface area contributed by atoms with Crippen molar-refractivity contribution in [3.8, 4) is 35.4 Å². The fraction of sp³-hybridized carbons (Fsp3) is 0.462. The van der Waals surface area contributed by atoms with Crippen LogP contribution in [-0.4, -0.2) is 143 Å². The molecule has 2 bridgehead atoms. The van der Waals surface area contributed by atoms with E-state index in [9.17, 15) is 19.5 Å². The molecule has 6 fully saturated rings. The summed E-state index contributed by atoms with van der Waals surface area (Å²) in [6, 6.07) is 14.8. The first-order chi connectivity index (χ1) is 33.1. The third-order valence-electron chi connectivity index (χ3n) is 15.7. The van der Waals surface area contributed by atoms with E-state index >= 15 is 4.39 Å². The maximum Gasteiger partial charge on any atom is 0.319 e. The summed E-state index contributed by atoms with van der Waals surface area (Å²) in [5.41, 5.74) is 3.82. The molecule has 15 nitrogen and oxygen atoms in total. The molecule has 8 heterocycles. The number of rotatable bonds is 11. The van der Waals surface area contributed by atoms with Crippen LogP contribution in [0.2, 0.25) is 0 Å². The average Bonchev–Trinajstić information content (AvgIpc) is 3.63. The predicted molar refractivity (Wildman–Crippen MR) is 255 cm³/mol. The average molecular weight is 919 g/mol. The Labute approximate surface area is 394 Å². The number of likely N-dealkylation sites (tertiary alicyclic amines) is 1. The number of fused-ring (bicyclic) bond motifs is 5. The second-order valence-electron chi connectivity index (χ2n) is 20.3. The molecule has 68 heavy (non-hydrogen) atoms. The molecule has 12 rings (SSSR count). The van der Waals surface area contributed by atoms with Crippen LogP contribution in [0.4, 0.5) is 15.9 Å². The summed E-state index contributed by atoms with van der Waals surface area (Å²) < 4.78 is 23.7. The minimum absolute atomic E-state index is 0.0129. The smallest absolute Gasteiger partial charge is 0.319 e. The highest BCUT2D eigenvalue weighted by Gasteiger charge is 2.46. The van der Waals surface area contributed by atoms with E-state index < -0.39 is 17.8 Å². The molecule has 2 aromatic heterocycles. The SMILES string of the molecule is C#Cc1cccc2cc(O)cc(-c3ncc4c(N5CC6CCC(C5)N6)nc(OCC5(CN6CC[C@@H](CN7CCN(c8ccc9c(c8)CN([C@H]8CCC(=O)NC8=O)C9=O)CC7)C6)CC5)nc4c3F)c12. The van der Waals surface area contributed by atoms with Crippen LogP contribution >= 0.6 is 0 Å². The number of carbonyl (C=O) groups is 3. The molecule has 0 spiro atoms. The number of phenolic OH excluding ortho intramolecular Hbond substituents is 1. The Morgan fingerprint density at radius 3 is 2.50 bits per heavy atom. The highest BCUT2D eigenvalue weighted by molar-refractivity contribution is 6.06. The Hall–Kier alpha value is -6.41. The van der Waals surface area contributed by atoms with Crippen molar-refractivity contribution in [2.45, 2.75) is 69.6 Å². The number of anilines is 2. The van der Waals surface area contributed by atoms with E-state index in [4.69, 9.17) is 21.1 Å². The zero-order valence-electron chi connectivity index (χ0n) is 38.1. The molecule has 350 valence electrons. The summed E-state index contributed by atoms with van der Waals surface area (Å²) in [4.78, 5) is 63.3. The van der Waals surface area contributed by atoms with Crippen LogP contribution < -0.4 is 25.2 Å². The lowest BCUT2D eigenvalue weighted by Gasteiger charge is -2.37. The molecule has 3 aromatic carbocycles. The maximum absolute atomic E-state index is 17.1. The largest absolute Gasteiger partial charge is 0.508 e. The number of phenols is 1. The van der Waals surface area contributed by atoms with Crippen molar-refractivity contribution in [1.29, 1.82) is 0 Å². The van der Waals surface area contributed by atoms with Gasteiger partial charge in [0.25, 0.3) is 5.91 Å². The van der Waals surface area contributed by atoms with Gasteiger partial charge in [0, 0.05) is 123 Å². The summed E-state index contributed by atoms with van der Waals surface area (Å²) in [6.45, 7) is 10.1. The van der Waals surface area contributed by atoms with E-state index in [1.165, 1.54) is 6.07 Å². The van der Waals surface area contributed by atoms with Gasteiger partial charge in [-0.25, -0.2) is 4.39 Å². The van der Waals surface area contributed by atoms with Crippen molar-refractivity contribution >= 4 is 50.9 Å². The number of nitrogens with zero attached hydrogens (tertiary/aromatic N) is 8. The van der Waals surface area contributed by atoms with Crippen molar-refractivity contribution in [2.24, 2.45) is 11.3 Å². The van der Waals surface area contributed by atoms with Gasteiger partial charge < -0.3 is 34.8 Å². The van der Waals surface area contributed by atoms with Gasteiger partial charge >= 0.3 is 6.01 Å². The molecule has 3 amide bonds. The number of piperazine rings is 2. The van der Waals surface area contributed by atoms with E-state index in [0.29, 0.717) is 76.2 Å². The van der Waals surface area contributed by atoms with E-state index in [2.05, 4.69) is 47.2 Å². The molecule has 2 unspecified atom stereocenters. The Morgan fingerprint density at radius 1 is 0.897 bits per heavy atom. The van der Waals surface area contributed by atoms with Gasteiger partial charge in [-0.2, -0.15) is 9.97 Å². The van der Waals surface area contributed by atoms with Gasteiger partial charge in [-0.1, -0.05) is 18.1 Å². The quantitative estimate of drug-likeness (QED) is 0.124. The Kier molecular flexibility index (Phi) is 10.7. The number of halogens is 1. The highest BCUT2D eigenvalue weighted by atomic mass is 19.1. The molecule has 4 atom stereocenters. The van der Waals surface area contributed by atoms with Crippen molar-refractivity contribution in [3.05, 3.63) is 77.2 Å². The first kappa shape index (κ1) is 42.9. The van der Waals surface area contributed by atoms with Crippen LogP contribution in [0.25, 0.3) is 32.9 Å². The molecule has 0 radical (unpaired) electrons. The van der Waals surface area contributed by atoms with Crippen LogP contribution in [0.5, 0.6) is 11.8 Å². The molecular formula is C52H55FN10O5. The van der Waals surface area contributed by atoms with Gasteiger partial charge in [0.2, 0.25) is 11.8 Å². The number of hydrogen-bond donors (Lipinski definition) is 3. The minimum atomic E-state index is -0.615. The summed E-state index contributed by atoms with van der Waals surface area (Å²) in [5.74, 6) is 2.48. The number of piperidine rings is 1. The monoisotopic (exact) mass is 918 g/mol. The van der Waals surface area contributed by atoms with Crippen LogP contribution in [0, 0.1) is 29.5 Å². The number of aromatic hydroxyl groups is 1. The van der Waals surface area contributed by atoms with Crippen molar-refractivity contribution in [1.82, 2.24) is 40.3 Å². The molecule has 6 aliphatic heterocycles. The Bertz CT molecular complexity index is 2920.